The van der Waals surface area contributed by atoms with E-state index >= 15 is 0 Å². The van der Waals surface area contributed by atoms with Gasteiger partial charge in [0.15, 0.2) is 0 Å². The van der Waals surface area contributed by atoms with E-state index in [0.29, 0.717) is 0 Å². The molecule has 1 N–H and O–H groups in total. The third-order valence-electron chi connectivity index (χ3n) is 5.87. The third kappa shape index (κ3) is 4.40. The van der Waals surface area contributed by atoms with Gasteiger partial charge in [-0.1, -0.05) is 0 Å². The predicted octanol–water partition coefficient (Wildman–Crippen LogP) is 5.37. The Morgan fingerprint density at radius 1 is 0.960 bits per heavy atom. The first-order valence-electron chi connectivity index (χ1n) is 10.2. The molecule has 0 bridgehead atoms. The Labute approximate surface area is 158 Å². The maximum absolute atomic E-state index is 12.3. The second-order valence-electron chi connectivity index (χ2n) is 8.26. The van der Waals surface area contributed by atoms with Crippen LogP contribution in [-0.4, -0.2) is 29.3 Å². The molecule has 1 aliphatic heterocycles. The zero-order valence-electron chi connectivity index (χ0n) is 16.9. The first kappa shape index (κ1) is 20.7. The van der Waals surface area contributed by atoms with Gasteiger partial charge in [-0.15, -0.1) is 0 Å². The molecule has 0 atom stereocenters. The molecule has 0 fully saturated rings. The van der Waals surface area contributed by atoms with Crippen LogP contribution < -0.4 is 9.03 Å². The van der Waals surface area contributed by atoms with E-state index in [-0.39, 0.29) is 5.91 Å². The van der Waals surface area contributed by atoms with Crippen LogP contribution in [0.5, 0.6) is 0 Å². The first-order chi connectivity index (χ1) is 11.9. The number of rotatable bonds is 10. The molecule has 0 unspecified atom stereocenters. The van der Waals surface area contributed by atoms with Crippen LogP contribution in [-0.2, 0) is 10.2 Å². The summed E-state index contributed by atoms with van der Waals surface area (Å²) in [5.41, 5.74) is 1.42. The summed E-state index contributed by atoms with van der Waals surface area (Å²) < 4.78 is 5.67. The molecule has 1 aliphatic rings. The Bertz CT molecular complexity index is 576. The number of unbranched alkanes of at least 4 members (excludes halogenated alkanes) is 3. The van der Waals surface area contributed by atoms with Crippen molar-refractivity contribution in [3.63, 3.8) is 0 Å². The predicted molar refractivity (Wildman–Crippen MR) is 110 cm³/mol. The van der Waals surface area contributed by atoms with Crippen molar-refractivity contribution < 1.29 is 4.79 Å². The van der Waals surface area contributed by atoms with Crippen molar-refractivity contribution in [2.75, 3.05) is 5.32 Å². The number of hydrogen-bond donors (Lipinski definition) is 1. The number of carbonyl (C=O) groups is 1. The second kappa shape index (κ2) is 8.87. The van der Waals surface area contributed by atoms with E-state index in [2.05, 4.69) is 38.2 Å². The minimum atomic E-state index is -2.52. The Morgan fingerprint density at radius 2 is 1.48 bits per heavy atom. The van der Waals surface area contributed by atoms with Gasteiger partial charge >= 0.3 is 158 Å². The number of pyridine rings is 1. The zero-order valence-corrected chi connectivity index (χ0v) is 19.7. The fourth-order valence-electron chi connectivity index (χ4n) is 4.02. The normalized spacial score (nSPS) is 16.0. The van der Waals surface area contributed by atoms with E-state index in [4.69, 9.17) is 4.98 Å². The Kier molecular flexibility index (Phi) is 7.36. The fraction of sp³-hybridized carbons (Fsp3) is 0.714. The van der Waals surface area contributed by atoms with Crippen molar-refractivity contribution in [3.05, 3.63) is 17.8 Å². The molecule has 3 nitrogen and oxygen atoms in total. The SMILES string of the molecule is CCC[CH2][Sn]([CH2]CCC)([CH2]CCC)[c]1ccc2c(n1)C(C)(C)C(=O)N2. The topological polar surface area (TPSA) is 42.0 Å². The zero-order chi connectivity index (χ0) is 18.5. The Hall–Kier alpha value is -0.581. The molecule has 1 amide bonds. The van der Waals surface area contributed by atoms with Crippen LogP contribution in [0.3, 0.4) is 0 Å². The number of nitrogens with zero attached hydrogens (tertiary/aromatic N) is 1. The van der Waals surface area contributed by atoms with Crippen LogP contribution in [0, 0.1) is 0 Å². The molecule has 2 rings (SSSR count). The van der Waals surface area contributed by atoms with Gasteiger partial charge in [0, 0.05) is 0 Å². The van der Waals surface area contributed by atoms with E-state index < -0.39 is 23.8 Å². The number of nitrogens with one attached hydrogen (secondary N) is 1. The average Bonchev–Trinajstić information content (AvgIpc) is 2.83. The monoisotopic (exact) mass is 452 g/mol. The third-order valence-corrected chi connectivity index (χ3v) is 21.0. The van der Waals surface area contributed by atoms with Crippen LogP contribution in [0.15, 0.2) is 12.1 Å². The number of carbonyl (C=O) groups excluding carboxylic acids is 1. The molecule has 2 heterocycles. The number of aromatic nitrogens is 1. The van der Waals surface area contributed by atoms with E-state index in [1.54, 1.807) is 0 Å². The summed E-state index contributed by atoms with van der Waals surface area (Å²) in [5, 5.41) is 3.02. The standard InChI is InChI=1S/C9H9N2O.3C4H9.Sn/c1-9(2)7-6(11-8(9)12)4-3-5-10-7;3*1-3-4-2;/h3-4H,1-2H3,(H,11,12);3*1,3-4H2,2H3;. The van der Waals surface area contributed by atoms with E-state index in [0.717, 1.165) is 11.4 Å². The Morgan fingerprint density at radius 3 is 1.96 bits per heavy atom. The van der Waals surface area contributed by atoms with E-state index in [1.165, 1.54) is 55.5 Å². The summed E-state index contributed by atoms with van der Waals surface area (Å²) in [4.78, 5) is 17.5. The maximum atomic E-state index is 12.3. The number of amides is 1. The van der Waals surface area contributed by atoms with E-state index in [9.17, 15) is 4.79 Å². The van der Waals surface area contributed by atoms with Gasteiger partial charge < -0.3 is 0 Å². The van der Waals surface area contributed by atoms with Crippen LogP contribution in [0.25, 0.3) is 0 Å². The molecule has 25 heavy (non-hydrogen) atoms. The fourth-order valence-corrected chi connectivity index (χ4v) is 19.4. The molecule has 4 heteroatoms. The molecule has 140 valence electrons. The molecule has 0 spiro atoms. The summed E-state index contributed by atoms with van der Waals surface area (Å²) >= 11 is -2.52. The van der Waals surface area contributed by atoms with Gasteiger partial charge in [-0.05, 0) is 0 Å². The molecule has 0 aromatic carbocycles. The molecule has 1 aromatic heterocycles. The van der Waals surface area contributed by atoms with Crippen molar-refractivity contribution >= 4 is 33.7 Å². The molecule has 0 saturated carbocycles. The Balaban J connectivity index is 2.45. The number of fused-ring (bicyclic) bond motifs is 1. The number of anilines is 1. The van der Waals surface area contributed by atoms with Crippen LogP contribution in [0.4, 0.5) is 5.69 Å². The van der Waals surface area contributed by atoms with Crippen LogP contribution in [0.2, 0.25) is 13.3 Å². The molecule has 1 aromatic rings. The molecule has 0 aliphatic carbocycles. The van der Waals surface area contributed by atoms with Gasteiger partial charge in [0.1, 0.15) is 0 Å². The molecule has 0 saturated heterocycles. The van der Waals surface area contributed by atoms with Gasteiger partial charge in [0.2, 0.25) is 0 Å². The quantitative estimate of drug-likeness (QED) is 0.487. The van der Waals surface area contributed by atoms with Crippen molar-refractivity contribution in [1.82, 2.24) is 4.98 Å². The second-order valence-corrected chi connectivity index (χ2v) is 21.3. The summed E-state index contributed by atoms with van der Waals surface area (Å²) in [7, 11) is 0. The van der Waals surface area contributed by atoms with Gasteiger partial charge in [0.05, 0.1) is 0 Å². The van der Waals surface area contributed by atoms with E-state index in [1.807, 2.05) is 13.8 Å². The van der Waals surface area contributed by atoms with Gasteiger partial charge in [-0.3, -0.25) is 0 Å². The summed E-state index contributed by atoms with van der Waals surface area (Å²) in [6.07, 6.45) is 7.82. The van der Waals surface area contributed by atoms with Crippen molar-refractivity contribution in [2.45, 2.75) is 91.9 Å². The first-order valence-corrected chi connectivity index (χ1v) is 17.7. The van der Waals surface area contributed by atoms with Crippen molar-refractivity contribution in [3.8, 4) is 0 Å². The van der Waals surface area contributed by atoms with Crippen LogP contribution in [0.1, 0.15) is 78.8 Å². The summed E-state index contributed by atoms with van der Waals surface area (Å²) in [5.74, 6) is 0.0867. The molecule has 0 radical (unpaired) electrons. The van der Waals surface area contributed by atoms with Gasteiger partial charge in [0.25, 0.3) is 0 Å². The molecular formula is C21H36N2OSn. The number of hydrogen-bond acceptors (Lipinski definition) is 2. The van der Waals surface area contributed by atoms with Gasteiger partial charge in [-0.2, -0.15) is 0 Å². The van der Waals surface area contributed by atoms with Crippen molar-refractivity contribution in [2.24, 2.45) is 0 Å². The van der Waals surface area contributed by atoms with Crippen molar-refractivity contribution in [1.29, 1.82) is 0 Å². The average molecular weight is 451 g/mol. The minimum absolute atomic E-state index is 0.0867. The van der Waals surface area contributed by atoms with Crippen LogP contribution >= 0.6 is 0 Å². The summed E-state index contributed by atoms with van der Waals surface area (Å²) in [6, 6.07) is 4.41. The molecular weight excluding hydrogens is 415 g/mol. The summed E-state index contributed by atoms with van der Waals surface area (Å²) in [6.45, 7) is 10.9. The van der Waals surface area contributed by atoms with Gasteiger partial charge in [-0.25, -0.2) is 0 Å².